The van der Waals surface area contributed by atoms with E-state index in [0.717, 1.165) is 17.8 Å². The number of benzene rings is 1. The highest BCUT2D eigenvalue weighted by Gasteiger charge is 2.29. The maximum Gasteiger partial charge on any atom is 0.243 e. The van der Waals surface area contributed by atoms with Crippen LogP contribution >= 0.6 is 0 Å². The van der Waals surface area contributed by atoms with Crippen LogP contribution in [0.2, 0.25) is 0 Å². The number of aryl methyl sites for hydroxylation is 1. The van der Waals surface area contributed by atoms with Crippen molar-refractivity contribution in [1.29, 1.82) is 0 Å². The Balaban J connectivity index is 1.48. The van der Waals surface area contributed by atoms with Gasteiger partial charge in [-0.15, -0.1) is 15.3 Å². The number of sulfonamides is 1. The maximum absolute atomic E-state index is 12.8. The minimum Gasteiger partial charge on any atom is -0.353 e. The van der Waals surface area contributed by atoms with Gasteiger partial charge in [-0.25, -0.2) is 8.42 Å². The van der Waals surface area contributed by atoms with Crippen molar-refractivity contribution in [2.45, 2.75) is 18.2 Å². The molecular weight excluding hydrogens is 352 g/mol. The number of nitrogens with zero attached hydrogens (tertiary/aromatic N) is 6. The summed E-state index contributed by atoms with van der Waals surface area (Å²) in [6.07, 6.45) is 2.45. The van der Waals surface area contributed by atoms with Crippen molar-refractivity contribution in [2.75, 3.05) is 31.1 Å². The van der Waals surface area contributed by atoms with Gasteiger partial charge in [0.25, 0.3) is 0 Å². The number of rotatable bonds is 4. The fraction of sp³-hybridized carbons (Fsp3) is 0.353. The molecule has 9 heteroatoms. The third-order valence-corrected chi connectivity index (χ3v) is 6.59. The summed E-state index contributed by atoms with van der Waals surface area (Å²) in [6.45, 7) is 4.09. The van der Waals surface area contributed by atoms with E-state index in [1.807, 2.05) is 31.2 Å². The Morgan fingerprint density at radius 3 is 2.42 bits per heavy atom. The summed E-state index contributed by atoms with van der Waals surface area (Å²) in [5, 5.41) is 12.2. The normalized spacial score (nSPS) is 16.3. The van der Waals surface area contributed by atoms with Crippen LogP contribution in [0.25, 0.3) is 5.65 Å². The van der Waals surface area contributed by atoms with Gasteiger partial charge in [0.05, 0.1) is 4.90 Å². The summed E-state index contributed by atoms with van der Waals surface area (Å²) in [6, 6.07) is 10.9. The van der Waals surface area contributed by atoms with Gasteiger partial charge in [0.2, 0.25) is 10.0 Å². The van der Waals surface area contributed by atoms with Crippen molar-refractivity contribution >= 4 is 21.5 Å². The lowest BCUT2D eigenvalue weighted by Gasteiger charge is -2.34. The molecule has 1 aromatic carbocycles. The van der Waals surface area contributed by atoms with Crippen molar-refractivity contribution < 1.29 is 8.42 Å². The molecule has 1 aliphatic heterocycles. The van der Waals surface area contributed by atoms with Crippen LogP contribution in [0.5, 0.6) is 0 Å². The minimum absolute atomic E-state index is 0.354. The molecule has 2 aromatic heterocycles. The molecule has 1 saturated heterocycles. The van der Waals surface area contributed by atoms with Gasteiger partial charge >= 0.3 is 0 Å². The zero-order valence-corrected chi connectivity index (χ0v) is 15.3. The first-order valence-corrected chi connectivity index (χ1v) is 10.0. The summed E-state index contributed by atoms with van der Waals surface area (Å²) in [4.78, 5) is 2.43. The maximum atomic E-state index is 12.8. The van der Waals surface area contributed by atoms with Gasteiger partial charge in [0.15, 0.2) is 5.65 Å². The molecule has 0 N–H and O–H groups in total. The van der Waals surface area contributed by atoms with Crippen LogP contribution in [0.1, 0.15) is 12.5 Å². The van der Waals surface area contributed by atoms with Gasteiger partial charge in [0, 0.05) is 26.2 Å². The standard InChI is InChI=1S/C17H20N6O2S/c1-2-14-3-5-15(6-4-14)26(24,25)22-11-9-21(10-12-22)17-8-7-16-19-18-13-23(16)20-17/h3-8,13H,2,9-12H2,1H3. The van der Waals surface area contributed by atoms with E-state index in [9.17, 15) is 8.42 Å². The molecule has 4 rings (SSSR count). The number of hydrogen-bond acceptors (Lipinski definition) is 6. The first-order chi connectivity index (χ1) is 12.6. The Morgan fingerprint density at radius 1 is 1.00 bits per heavy atom. The highest BCUT2D eigenvalue weighted by atomic mass is 32.2. The summed E-state index contributed by atoms with van der Waals surface area (Å²) in [5.74, 6) is 0.793. The molecule has 1 fully saturated rings. The molecule has 0 spiro atoms. The lowest BCUT2D eigenvalue weighted by molar-refractivity contribution is 0.383. The molecule has 136 valence electrons. The topological polar surface area (TPSA) is 83.7 Å². The first kappa shape index (κ1) is 16.9. The molecule has 0 radical (unpaired) electrons. The third kappa shape index (κ3) is 3.04. The Morgan fingerprint density at radius 2 is 1.73 bits per heavy atom. The molecule has 26 heavy (non-hydrogen) atoms. The Labute approximate surface area is 152 Å². The summed E-state index contributed by atoms with van der Waals surface area (Å²) < 4.78 is 28.8. The highest BCUT2D eigenvalue weighted by molar-refractivity contribution is 7.89. The van der Waals surface area contributed by atoms with Crippen molar-refractivity contribution in [3.8, 4) is 0 Å². The lowest BCUT2D eigenvalue weighted by Crippen LogP contribution is -2.49. The highest BCUT2D eigenvalue weighted by Crippen LogP contribution is 2.20. The van der Waals surface area contributed by atoms with Crippen molar-refractivity contribution in [1.82, 2.24) is 24.1 Å². The fourth-order valence-corrected chi connectivity index (χ4v) is 4.51. The number of piperazine rings is 1. The number of anilines is 1. The molecule has 0 unspecified atom stereocenters. The zero-order chi connectivity index (χ0) is 18.1. The van der Waals surface area contributed by atoms with Crippen LogP contribution in [0.15, 0.2) is 47.6 Å². The van der Waals surface area contributed by atoms with Gasteiger partial charge < -0.3 is 4.90 Å². The predicted molar refractivity (Wildman–Crippen MR) is 97.6 cm³/mol. The molecule has 0 amide bonds. The molecule has 0 bridgehead atoms. The van der Waals surface area contributed by atoms with E-state index in [-0.39, 0.29) is 0 Å². The van der Waals surface area contributed by atoms with Crippen molar-refractivity contribution in [3.05, 3.63) is 48.3 Å². The van der Waals surface area contributed by atoms with E-state index >= 15 is 0 Å². The van der Waals surface area contributed by atoms with Gasteiger partial charge in [-0.2, -0.15) is 8.82 Å². The molecule has 3 heterocycles. The Hall–Kier alpha value is -2.52. The lowest BCUT2D eigenvalue weighted by atomic mass is 10.2. The largest absolute Gasteiger partial charge is 0.353 e. The fourth-order valence-electron chi connectivity index (χ4n) is 3.09. The quantitative estimate of drug-likeness (QED) is 0.684. The van der Waals surface area contributed by atoms with E-state index in [4.69, 9.17) is 0 Å². The van der Waals surface area contributed by atoms with E-state index in [2.05, 4.69) is 20.2 Å². The van der Waals surface area contributed by atoms with Crippen molar-refractivity contribution in [2.24, 2.45) is 0 Å². The van der Waals surface area contributed by atoms with Crippen LogP contribution < -0.4 is 4.90 Å². The molecule has 0 saturated carbocycles. The van der Waals surface area contributed by atoms with Crippen LogP contribution in [-0.2, 0) is 16.4 Å². The molecule has 0 atom stereocenters. The first-order valence-electron chi connectivity index (χ1n) is 8.59. The zero-order valence-electron chi connectivity index (χ0n) is 14.5. The van der Waals surface area contributed by atoms with E-state index in [1.165, 1.54) is 0 Å². The van der Waals surface area contributed by atoms with Crippen molar-refractivity contribution in [3.63, 3.8) is 0 Å². The second kappa shape index (κ2) is 6.65. The third-order valence-electron chi connectivity index (χ3n) is 4.68. The van der Waals surface area contributed by atoms with Gasteiger partial charge in [0.1, 0.15) is 12.1 Å². The van der Waals surface area contributed by atoms with E-state index < -0.39 is 10.0 Å². The molecule has 8 nitrogen and oxygen atoms in total. The summed E-state index contributed by atoms with van der Waals surface area (Å²) >= 11 is 0. The monoisotopic (exact) mass is 372 g/mol. The van der Waals surface area contributed by atoms with Crippen LogP contribution in [-0.4, -0.2) is 58.7 Å². The number of fused-ring (bicyclic) bond motifs is 1. The Bertz CT molecular complexity index is 1010. The van der Waals surface area contributed by atoms with E-state index in [0.29, 0.717) is 36.7 Å². The van der Waals surface area contributed by atoms with Gasteiger partial charge in [-0.05, 0) is 36.2 Å². The van der Waals surface area contributed by atoms with Crippen LogP contribution in [0.4, 0.5) is 5.82 Å². The number of hydrogen-bond donors (Lipinski definition) is 0. The van der Waals surface area contributed by atoms with Gasteiger partial charge in [-0.1, -0.05) is 19.1 Å². The molecule has 3 aromatic rings. The average molecular weight is 372 g/mol. The number of aromatic nitrogens is 4. The molecular formula is C17H20N6O2S. The molecule has 0 aliphatic carbocycles. The second-order valence-corrected chi connectivity index (χ2v) is 8.15. The average Bonchev–Trinajstić information content (AvgIpc) is 3.16. The second-order valence-electron chi connectivity index (χ2n) is 6.21. The summed E-state index contributed by atoms with van der Waals surface area (Å²) in [5.41, 5.74) is 1.81. The SMILES string of the molecule is CCc1ccc(S(=O)(=O)N2CCN(c3ccc4nncn4n3)CC2)cc1. The summed E-state index contributed by atoms with van der Waals surface area (Å²) in [7, 11) is -3.46. The van der Waals surface area contributed by atoms with Crippen LogP contribution in [0.3, 0.4) is 0 Å². The van der Waals surface area contributed by atoms with Gasteiger partial charge in [-0.3, -0.25) is 0 Å². The van der Waals surface area contributed by atoms with Crippen LogP contribution in [0, 0.1) is 0 Å². The Kier molecular flexibility index (Phi) is 4.33. The van der Waals surface area contributed by atoms with E-state index in [1.54, 1.807) is 27.3 Å². The smallest absolute Gasteiger partial charge is 0.243 e. The molecule has 1 aliphatic rings. The predicted octanol–water partition coefficient (Wildman–Crippen LogP) is 1.20. The minimum atomic E-state index is -3.46.